The summed E-state index contributed by atoms with van der Waals surface area (Å²) >= 11 is 0. The SMILES string of the molecule is [c]1cc(-c2ccc3c(c2)OCO3)ncn1. The minimum atomic E-state index is 0.286. The zero-order valence-corrected chi connectivity index (χ0v) is 7.80. The number of hydrogen-bond acceptors (Lipinski definition) is 4. The highest BCUT2D eigenvalue weighted by Crippen LogP contribution is 2.35. The summed E-state index contributed by atoms with van der Waals surface area (Å²) in [5, 5.41) is 0. The molecule has 0 N–H and O–H groups in total. The lowest BCUT2D eigenvalue weighted by molar-refractivity contribution is 0.174. The Morgan fingerprint density at radius 2 is 2.13 bits per heavy atom. The quantitative estimate of drug-likeness (QED) is 0.700. The molecule has 1 aliphatic heterocycles. The standard InChI is InChI=1S/C11H7N2O2/c1-2-10-11(15-7-14-10)5-8(1)9-3-4-12-6-13-9/h1-3,5-6H,7H2. The first-order valence-corrected chi connectivity index (χ1v) is 4.51. The molecule has 0 aliphatic carbocycles. The van der Waals surface area contributed by atoms with Crippen LogP contribution in [0.15, 0.2) is 30.6 Å². The van der Waals surface area contributed by atoms with Crippen molar-refractivity contribution in [3.63, 3.8) is 0 Å². The molecule has 1 radical (unpaired) electrons. The van der Waals surface area contributed by atoms with Gasteiger partial charge in [-0.05, 0) is 24.3 Å². The molecule has 1 aromatic heterocycles. The molecule has 0 spiro atoms. The molecule has 0 fully saturated rings. The van der Waals surface area contributed by atoms with Gasteiger partial charge in [0.05, 0.1) is 11.9 Å². The summed E-state index contributed by atoms with van der Waals surface area (Å²) in [5.41, 5.74) is 1.79. The molecule has 2 aromatic rings. The predicted octanol–water partition coefficient (Wildman–Crippen LogP) is 1.67. The van der Waals surface area contributed by atoms with Gasteiger partial charge < -0.3 is 9.47 Å². The minimum absolute atomic E-state index is 0.286. The molecule has 0 amide bonds. The number of hydrogen-bond donors (Lipinski definition) is 0. The van der Waals surface area contributed by atoms with E-state index in [1.165, 1.54) is 6.33 Å². The molecule has 15 heavy (non-hydrogen) atoms. The topological polar surface area (TPSA) is 44.2 Å². The Morgan fingerprint density at radius 1 is 1.20 bits per heavy atom. The van der Waals surface area contributed by atoms with Crippen LogP contribution in [0.2, 0.25) is 0 Å². The fourth-order valence-electron chi connectivity index (χ4n) is 1.47. The Kier molecular flexibility index (Phi) is 1.78. The summed E-state index contributed by atoms with van der Waals surface area (Å²) in [6, 6.07) is 7.44. The lowest BCUT2D eigenvalue weighted by Crippen LogP contribution is -1.92. The molecule has 1 aliphatic rings. The third kappa shape index (κ3) is 1.40. The highest BCUT2D eigenvalue weighted by Gasteiger charge is 2.13. The first-order chi connectivity index (χ1) is 7.43. The molecule has 4 nitrogen and oxygen atoms in total. The van der Waals surface area contributed by atoms with E-state index in [-0.39, 0.29) is 6.79 Å². The zero-order valence-electron chi connectivity index (χ0n) is 7.80. The average Bonchev–Trinajstić information content (AvgIpc) is 2.77. The number of rotatable bonds is 1. The van der Waals surface area contributed by atoms with Gasteiger partial charge in [0.1, 0.15) is 6.33 Å². The normalized spacial score (nSPS) is 12.8. The maximum atomic E-state index is 5.28. The van der Waals surface area contributed by atoms with Crippen molar-refractivity contribution in [3.8, 4) is 22.8 Å². The minimum Gasteiger partial charge on any atom is -0.454 e. The Bertz CT molecular complexity index is 485. The number of nitrogens with zero attached hydrogens (tertiary/aromatic N) is 2. The van der Waals surface area contributed by atoms with Gasteiger partial charge in [-0.15, -0.1) is 0 Å². The van der Waals surface area contributed by atoms with Crippen LogP contribution >= 0.6 is 0 Å². The maximum Gasteiger partial charge on any atom is 0.231 e. The number of fused-ring (bicyclic) bond motifs is 1. The van der Waals surface area contributed by atoms with E-state index in [0.29, 0.717) is 0 Å². The van der Waals surface area contributed by atoms with E-state index in [2.05, 4.69) is 16.2 Å². The second-order valence-corrected chi connectivity index (χ2v) is 3.10. The molecule has 0 atom stereocenters. The van der Waals surface area contributed by atoms with E-state index >= 15 is 0 Å². The summed E-state index contributed by atoms with van der Waals surface area (Å²) in [7, 11) is 0. The molecule has 0 bridgehead atoms. The molecule has 2 heterocycles. The van der Waals surface area contributed by atoms with Crippen LogP contribution in [0, 0.1) is 6.20 Å². The second kappa shape index (κ2) is 3.24. The smallest absolute Gasteiger partial charge is 0.231 e. The molecule has 0 saturated heterocycles. The van der Waals surface area contributed by atoms with Gasteiger partial charge in [-0.2, -0.15) is 0 Å². The summed E-state index contributed by atoms with van der Waals surface area (Å²) in [4.78, 5) is 7.89. The Morgan fingerprint density at radius 3 is 3.00 bits per heavy atom. The molecule has 0 unspecified atom stereocenters. The highest BCUT2D eigenvalue weighted by molar-refractivity contribution is 5.63. The van der Waals surface area contributed by atoms with Crippen LogP contribution in [-0.4, -0.2) is 16.8 Å². The molecule has 0 saturated carbocycles. The van der Waals surface area contributed by atoms with Crippen molar-refractivity contribution in [2.45, 2.75) is 0 Å². The number of benzene rings is 1. The molecule has 3 rings (SSSR count). The van der Waals surface area contributed by atoms with E-state index in [1.807, 2.05) is 18.2 Å². The summed E-state index contributed by atoms with van der Waals surface area (Å²) in [6.45, 7) is 0.286. The number of aromatic nitrogens is 2. The van der Waals surface area contributed by atoms with Gasteiger partial charge in [-0.3, -0.25) is 0 Å². The Labute approximate surface area is 86.5 Å². The predicted molar refractivity (Wildman–Crippen MR) is 52.4 cm³/mol. The van der Waals surface area contributed by atoms with E-state index < -0.39 is 0 Å². The van der Waals surface area contributed by atoms with E-state index in [9.17, 15) is 0 Å². The fraction of sp³-hybridized carbons (Fsp3) is 0.0909. The average molecular weight is 199 g/mol. The second-order valence-electron chi connectivity index (χ2n) is 3.10. The van der Waals surface area contributed by atoms with Crippen molar-refractivity contribution < 1.29 is 9.47 Å². The van der Waals surface area contributed by atoms with Gasteiger partial charge in [0.15, 0.2) is 11.5 Å². The van der Waals surface area contributed by atoms with Crippen LogP contribution in [0.4, 0.5) is 0 Å². The van der Waals surface area contributed by atoms with Crippen LogP contribution < -0.4 is 9.47 Å². The Hall–Kier alpha value is -2.10. The number of ether oxygens (including phenoxy) is 2. The van der Waals surface area contributed by atoms with E-state index in [0.717, 1.165) is 22.8 Å². The summed E-state index contributed by atoms with van der Waals surface area (Å²) in [6.07, 6.45) is 4.21. The van der Waals surface area contributed by atoms with Gasteiger partial charge in [0.2, 0.25) is 6.79 Å². The largest absolute Gasteiger partial charge is 0.454 e. The summed E-state index contributed by atoms with van der Waals surface area (Å²) in [5.74, 6) is 1.53. The van der Waals surface area contributed by atoms with Crippen molar-refractivity contribution in [2.75, 3.05) is 6.79 Å². The van der Waals surface area contributed by atoms with Crippen molar-refractivity contribution in [2.24, 2.45) is 0 Å². The van der Waals surface area contributed by atoms with E-state index in [4.69, 9.17) is 9.47 Å². The molecular weight excluding hydrogens is 192 g/mol. The van der Waals surface area contributed by atoms with Gasteiger partial charge in [0, 0.05) is 5.56 Å². The lowest BCUT2D eigenvalue weighted by atomic mass is 10.1. The Balaban J connectivity index is 2.07. The molecule has 73 valence electrons. The fourth-order valence-corrected chi connectivity index (χ4v) is 1.47. The zero-order chi connectivity index (χ0) is 10.1. The summed E-state index contributed by atoms with van der Waals surface area (Å²) < 4.78 is 10.5. The highest BCUT2D eigenvalue weighted by atomic mass is 16.7. The van der Waals surface area contributed by atoms with Crippen LogP contribution in [0.3, 0.4) is 0 Å². The van der Waals surface area contributed by atoms with Gasteiger partial charge in [-0.25, -0.2) is 9.97 Å². The molecule has 1 aromatic carbocycles. The van der Waals surface area contributed by atoms with Crippen molar-refractivity contribution >= 4 is 0 Å². The van der Waals surface area contributed by atoms with Crippen LogP contribution in [0.1, 0.15) is 0 Å². The lowest BCUT2D eigenvalue weighted by Gasteiger charge is -2.01. The maximum absolute atomic E-state index is 5.28. The van der Waals surface area contributed by atoms with Crippen LogP contribution in [-0.2, 0) is 0 Å². The third-order valence-electron chi connectivity index (χ3n) is 2.20. The first-order valence-electron chi connectivity index (χ1n) is 4.51. The van der Waals surface area contributed by atoms with Crippen LogP contribution in [0.25, 0.3) is 11.3 Å². The van der Waals surface area contributed by atoms with Gasteiger partial charge >= 0.3 is 0 Å². The van der Waals surface area contributed by atoms with E-state index in [1.54, 1.807) is 6.07 Å². The van der Waals surface area contributed by atoms with Crippen LogP contribution in [0.5, 0.6) is 11.5 Å². The molecule has 4 heteroatoms. The van der Waals surface area contributed by atoms with Crippen molar-refractivity contribution in [1.29, 1.82) is 0 Å². The monoisotopic (exact) mass is 199 g/mol. The van der Waals surface area contributed by atoms with Gasteiger partial charge in [0.25, 0.3) is 0 Å². The first kappa shape index (κ1) is 8.23. The van der Waals surface area contributed by atoms with Gasteiger partial charge in [-0.1, -0.05) is 0 Å². The van der Waals surface area contributed by atoms with Crippen molar-refractivity contribution in [3.05, 3.63) is 36.8 Å². The van der Waals surface area contributed by atoms with Crippen molar-refractivity contribution in [1.82, 2.24) is 9.97 Å². The third-order valence-corrected chi connectivity index (χ3v) is 2.20. The molecular formula is C11H7N2O2.